The van der Waals surface area contributed by atoms with E-state index in [4.69, 9.17) is 4.74 Å². The monoisotopic (exact) mass is 564 g/mol. The summed E-state index contributed by atoms with van der Waals surface area (Å²) in [5, 5.41) is 21.6. The highest BCUT2D eigenvalue weighted by Gasteiger charge is 2.61. The van der Waals surface area contributed by atoms with Crippen molar-refractivity contribution >= 4 is 6.08 Å². The summed E-state index contributed by atoms with van der Waals surface area (Å²) in [7, 11) is 1.58. The molecule has 4 saturated carbocycles. The van der Waals surface area contributed by atoms with Gasteiger partial charge in [0.15, 0.2) is 11.5 Å². The van der Waals surface area contributed by atoms with E-state index in [9.17, 15) is 10.2 Å². The number of hydrogen-bond donors (Lipinski definition) is 2. The Morgan fingerprint density at radius 2 is 1.68 bits per heavy atom. The predicted molar refractivity (Wildman–Crippen MR) is 171 cm³/mol. The minimum absolute atomic E-state index is 0.160. The molecule has 4 fully saturated rings. The Morgan fingerprint density at radius 3 is 2.41 bits per heavy atom. The smallest absolute Gasteiger partial charge is 0.161 e. The number of hydrogen-bond acceptors (Lipinski definition) is 3. The topological polar surface area (TPSA) is 49.7 Å². The summed E-state index contributed by atoms with van der Waals surface area (Å²) in [6.45, 7) is 15.1. The molecule has 0 aliphatic heterocycles. The maximum atomic E-state index is 11.7. The van der Waals surface area contributed by atoms with E-state index in [-0.39, 0.29) is 5.75 Å². The SMILES string of the molecule is COc1cc(C=CCC2(O)CC[C@@]3(C)C(CC[C@H]4[C@@H]5CC[C@H]([C@H](C)CC[C@@H](C)C(C)C)[C@@]5(C)CC[C@@H]43)C2)ccc1O. The zero-order chi connectivity index (χ0) is 29.6. The fourth-order valence-corrected chi connectivity index (χ4v) is 10.8. The average Bonchev–Trinajstić information content (AvgIpc) is 3.30. The molecule has 0 heterocycles. The van der Waals surface area contributed by atoms with E-state index in [1.165, 1.54) is 57.8 Å². The predicted octanol–water partition coefficient (Wildman–Crippen LogP) is 9.90. The second-order valence-electron chi connectivity index (χ2n) is 16.1. The van der Waals surface area contributed by atoms with Crippen molar-refractivity contribution in [3.63, 3.8) is 0 Å². The van der Waals surface area contributed by atoms with Crippen molar-refractivity contribution in [2.75, 3.05) is 7.11 Å². The fourth-order valence-electron chi connectivity index (χ4n) is 10.8. The molecule has 1 aromatic rings. The van der Waals surface area contributed by atoms with E-state index in [2.05, 4.69) is 53.7 Å². The van der Waals surface area contributed by atoms with Crippen molar-refractivity contribution in [2.45, 2.75) is 124 Å². The van der Waals surface area contributed by atoms with Crippen molar-refractivity contribution in [2.24, 2.45) is 58.2 Å². The Hall–Kier alpha value is -1.48. The second kappa shape index (κ2) is 11.9. The summed E-state index contributed by atoms with van der Waals surface area (Å²) < 4.78 is 5.26. The van der Waals surface area contributed by atoms with Gasteiger partial charge in [0.1, 0.15) is 0 Å². The molecule has 10 atom stereocenters. The van der Waals surface area contributed by atoms with E-state index in [1.54, 1.807) is 13.2 Å². The molecule has 2 N–H and O–H groups in total. The van der Waals surface area contributed by atoms with Gasteiger partial charge in [0.05, 0.1) is 12.7 Å². The Labute approximate surface area is 251 Å². The zero-order valence-electron chi connectivity index (χ0n) is 27.3. The summed E-state index contributed by atoms with van der Waals surface area (Å²) in [6, 6.07) is 5.43. The van der Waals surface area contributed by atoms with Crippen LogP contribution in [0.5, 0.6) is 11.5 Å². The van der Waals surface area contributed by atoms with Gasteiger partial charge in [0.2, 0.25) is 0 Å². The molecule has 4 aliphatic carbocycles. The van der Waals surface area contributed by atoms with Gasteiger partial charge in [-0.3, -0.25) is 0 Å². The first-order valence-electron chi connectivity index (χ1n) is 17.2. The summed E-state index contributed by atoms with van der Waals surface area (Å²) in [5.41, 5.74) is 1.33. The van der Waals surface area contributed by atoms with Crippen LogP contribution in [0.3, 0.4) is 0 Å². The van der Waals surface area contributed by atoms with E-state index in [0.29, 0.717) is 28.9 Å². The Morgan fingerprint density at radius 1 is 0.927 bits per heavy atom. The molecule has 0 saturated heterocycles. The number of phenolic OH excluding ortho intramolecular Hbond substituents is 1. The van der Waals surface area contributed by atoms with Crippen molar-refractivity contribution in [3.8, 4) is 11.5 Å². The van der Waals surface area contributed by atoms with Gasteiger partial charge in [-0.1, -0.05) is 72.6 Å². The molecule has 3 nitrogen and oxygen atoms in total. The van der Waals surface area contributed by atoms with Gasteiger partial charge >= 0.3 is 0 Å². The van der Waals surface area contributed by atoms with Crippen LogP contribution in [0.1, 0.15) is 124 Å². The van der Waals surface area contributed by atoms with Crippen LogP contribution in [-0.4, -0.2) is 22.9 Å². The lowest BCUT2D eigenvalue weighted by atomic mass is 9.43. The highest BCUT2D eigenvalue weighted by Crippen LogP contribution is 2.69. The number of methoxy groups -OCH3 is 1. The summed E-state index contributed by atoms with van der Waals surface area (Å²) in [6.07, 6.45) is 19.2. The first-order chi connectivity index (χ1) is 19.4. The quantitative estimate of drug-likeness (QED) is 0.314. The minimum atomic E-state index is -0.599. The standard InChI is InChI=1S/C38H60O3/c1-25(2)26(3)10-11-27(4)31-15-16-32-30-14-13-29-24-38(40,19-8-9-28-12-17-34(39)35(23-28)41-7)22-21-36(29,5)33(30)18-20-37(31,32)6/h8-9,12,17,23,25-27,29-33,39-40H,10-11,13-16,18-22,24H2,1-7H3/t26-,27-,29?,30+,31-,32+,33+,36+,37-,38?/m1/s1. The normalized spacial score (nSPS) is 40.2. The van der Waals surface area contributed by atoms with Gasteiger partial charge in [-0.25, -0.2) is 0 Å². The van der Waals surface area contributed by atoms with Crippen LogP contribution in [0, 0.1) is 58.2 Å². The van der Waals surface area contributed by atoms with E-state index in [1.807, 2.05) is 12.1 Å². The van der Waals surface area contributed by atoms with Gasteiger partial charge in [-0.15, -0.1) is 0 Å². The maximum absolute atomic E-state index is 11.7. The molecule has 0 radical (unpaired) electrons. The lowest BCUT2D eigenvalue weighted by Crippen LogP contribution is -2.56. The van der Waals surface area contributed by atoms with Crippen LogP contribution < -0.4 is 4.74 Å². The van der Waals surface area contributed by atoms with Crippen molar-refractivity contribution in [1.82, 2.24) is 0 Å². The maximum Gasteiger partial charge on any atom is 0.161 e. The first-order valence-corrected chi connectivity index (χ1v) is 17.2. The number of rotatable bonds is 9. The third-order valence-electron chi connectivity index (χ3n) is 13.8. The van der Waals surface area contributed by atoms with Crippen molar-refractivity contribution in [1.29, 1.82) is 0 Å². The molecule has 1 aromatic carbocycles. The van der Waals surface area contributed by atoms with E-state index in [0.717, 1.165) is 59.8 Å². The third-order valence-corrected chi connectivity index (χ3v) is 13.8. The van der Waals surface area contributed by atoms with Gasteiger partial charge in [-0.05, 0) is 140 Å². The van der Waals surface area contributed by atoms with Crippen molar-refractivity contribution < 1.29 is 14.9 Å². The number of ether oxygens (including phenoxy) is 1. The van der Waals surface area contributed by atoms with Crippen LogP contribution in [0.15, 0.2) is 24.3 Å². The Balaban J connectivity index is 1.22. The lowest BCUT2D eigenvalue weighted by molar-refractivity contribution is -0.151. The van der Waals surface area contributed by atoms with E-state index < -0.39 is 5.60 Å². The molecule has 230 valence electrons. The first kappa shape index (κ1) is 31.0. The largest absolute Gasteiger partial charge is 0.504 e. The highest BCUT2D eigenvalue weighted by molar-refractivity contribution is 5.55. The number of phenols is 1. The van der Waals surface area contributed by atoms with Crippen LogP contribution in [0.4, 0.5) is 0 Å². The zero-order valence-corrected chi connectivity index (χ0v) is 27.3. The van der Waals surface area contributed by atoms with Gasteiger partial charge in [0.25, 0.3) is 0 Å². The molecule has 0 amide bonds. The third kappa shape index (κ3) is 5.87. The molecular weight excluding hydrogens is 504 g/mol. The average molecular weight is 565 g/mol. The molecule has 3 heteroatoms. The molecule has 4 aliphatic rings. The van der Waals surface area contributed by atoms with Crippen LogP contribution in [-0.2, 0) is 0 Å². The molecular formula is C38H60O3. The Bertz CT molecular complexity index is 1080. The number of aromatic hydroxyl groups is 1. The molecule has 0 bridgehead atoms. The van der Waals surface area contributed by atoms with Crippen molar-refractivity contribution in [3.05, 3.63) is 29.8 Å². The summed E-state index contributed by atoms with van der Waals surface area (Å²) in [4.78, 5) is 0. The van der Waals surface area contributed by atoms with Gasteiger partial charge < -0.3 is 14.9 Å². The summed E-state index contributed by atoms with van der Waals surface area (Å²) in [5.74, 6) is 7.36. The van der Waals surface area contributed by atoms with Crippen LogP contribution >= 0.6 is 0 Å². The Kier molecular flexibility index (Phi) is 8.98. The number of aliphatic hydroxyl groups is 1. The number of fused-ring (bicyclic) bond motifs is 5. The summed E-state index contributed by atoms with van der Waals surface area (Å²) >= 11 is 0. The van der Waals surface area contributed by atoms with Gasteiger partial charge in [0, 0.05) is 0 Å². The van der Waals surface area contributed by atoms with E-state index >= 15 is 0 Å². The fraction of sp³-hybridized carbons (Fsp3) is 0.789. The minimum Gasteiger partial charge on any atom is -0.504 e. The molecule has 0 aromatic heterocycles. The highest BCUT2D eigenvalue weighted by atomic mass is 16.5. The molecule has 5 rings (SSSR count). The van der Waals surface area contributed by atoms with Gasteiger partial charge in [-0.2, -0.15) is 0 Å². The molecule has 41 heavy (non-hydrogen) atoms. The van der Waals surface area contributed by atoms with Crippen LogP contribution in [0.2, 0.25) is 0 Å². The second-order valence-corrected chi connectivity index (χ2v) is 16.1. The number of benzene rings is 1. The molecule has 2 unspecified atom stereocenters. The lowest BCUT2D eigenvalue weighted by Gasteiger charge is -2.62. The van der Waals surface area contributed by atoms with Crippen LogP contribution in [0.25, 0.3) is 6.08 Å². The molecule has 0 spiro atoms.